The first kappa shape index (κ1) is 18.4. The van der Waals surface area contributed by atoms with Gasteiger partial charge in [0.05, 0.1) is 27.6 Å². The Kier molecular flexibility index (Phi) is 8.56. The van der Waals surface area contributed by atoms with Gasteiger partial charge in [-0.1, -0.05) is 24.3 Å². The molecule has 0 radical (unpaired) electrons. The van der Waals surface area contributed by atoms with E-state index in [-0.39, 0.29) is 12.8 Å². The number of nitrogens with zero attached hydrogens (tertiary/aromatic N) is 1. The number of allylic oxidation sites excluding steroid dienone is 3. The van der Waals surface area contributed by atoms with Crippen molar-refractivity contribution >= 4 is 11.9 Å². The molecule has 5 nitrogen and oxygen atoms in total. The second-order valence-electron chi connectivity index (χ2n) is 5.64. The van der Waals surface area contributed by atoms with E-state index in [2.05, 4.69) is 0 Å². The minimum absolute atomic E-state index is 0.151. The Morgan fingerprint density at radius 2 is 1.85 bits per heavy atom. The fraction of sp³-hybridized carbons (Fsp3) is 0.600. The van der Waals surface area contributed by atoms with Crippen molar-refractivity contribution in [3.05, 3.63) is 24.3 Å². The number of likely N-dealkylation sites (N-methyl/N-ethyl adjacent to an activating group) is 1. The monoisotopic (exact) mass is 283 g/mol. The third-order valence-corrected chi connectivity index (χ3v) is 2.40. The van der Waals surface area contributed by atoms with Gasteiger partial charge in [0.15, 0.2) is 6.10 Å². The van der Waals surface area contributed by atoms with Gasteiger partial charge in [0.1, 0.15) is 6.54 Å². The molecule has 0 saturated carbocycles. The molecule has 0 aromatic rings. The number of quaternary nitrogens is 1. The molecule has 0 saturated heterocycles. The molecule has 0 rings (SSSR count). The summed E-state index contributed by atoms with van der Waals surface area (Å²) in [6.07, 6.45) is 7.49. The van der Waals surface area contributed by atoms with Crippen molar-refractivity contribution in [1.29, 1.82) is 0 Å². The Labute approximate surface area is 121 Å². The smallest absolute Gasteiger partial charge is 0.310 e. The van der Waals surface area contributed by atoms with E-state index in [4.69, 9.17) is 4.74 Å². The van der Waals surface area contributed by atoms with E-state index in [0.29, 0.717) is 11.0 Å². The van der Waals surface area contributed by atoms with Gasteiger partial charge in [0, 0.05) is 12.4 Å². The number of ether oxygens (including phenoxy) is 1. The van der Waals surface area contributed by atoms with Gasteiger partial charge < -0.3 is 19.1 Å². The Bertz CT molecular complexity index is 367. The number of rotatable bonds is 9. The van der Waals surface area contributed by atoms with Gasteiger partial charge in [0.25, 0.3) is 0 Å². The highest BCUT2D eigenvalue weighted by Gasteiger charge is 2.21. The first-order chi connectivity index (χ1) is 9.24. The Morgan fingerprint density at radius 3 is 2.35 bits per heavy atom. The molecule has 0 N–H and O–H groups in total. The van der Waals surface area contributed by atoms with Crippen molar-refractivity contribution in [2.75, 3.05) is 27.7 Å². The molecule has 5 heteroatoms. The number of aliphatic carboxylic acids is 1. The van der Waals surface area contributed by atoms with E-state index < -0.39 is 18.0 Å². The van der Waals surface area contributed by atoms with Gasteiger partial charge in [-0.25, -0.2) is 0 Å². The minimum Gasteiger partial charge on any atom is -0.550 e. The van der Waals surface area contributed by atoms with Crippen LogP contribution in [-0.4, -0.2) is 50.2 Å². The average molecular weight is 283 g/mol. The van der Waals surface area contributed by atoms with Crippen molar-refractivity contribution in [2.24, 2.45) is 0 Å². The molecule has 114 valence electrons. The zero-order chi connectivity index (χ0) is 15.6. The molecule has 0 aromatic heterocycles. The summed E-state index contributed by atoms with van der Waals surface area (Å²) in [4.78, 5) is 22.3. The third-order valence-electron chi connectivity index (χ3n) is 2.40. The van der Waals surface area contributed by atoms with E-state index in [9.17, 15) is 14.7 Å². The van der Waals surface area contributed by atoms with Gasteiger partial charge >= 0.3 is 5.97 Å². The zero-order valence-corrected chi connectivity index (χ0v) is 12.8. The molecule has 0 fully saturated rings. The maximum Gasteiger partial charge on any atom is 0.310 e. The highest BCUT2D eigenvalue weighted by atomic mass is 16.5. The molecule has 0 bridgehead atoms. The summed E-state index contributed by atoms with van der Waals surface area (Å²) >= 11 is 0. The molecule has 0 amide bonds. The van der Waals surface area contributed by atoms with Gasteiger partial charge in [-0.3, -0.25) is 4.79 Å². The van der Waals surface area contributed by atoms with Crippen molar-refractivity contribution in [1.82, 2.24) is 0 Å². The van der Waals surface area contributed by atoms with Crippen LogP contribution in [0.25, 0.3) is 0 Å². The quantitative estimate of drug-likeness (QED) is 0.354. The van der Waals surface area contributed by atoms with Crippen LogP contribution in [0.1, 0.15) is 26.2 Å². The second-order valence-corrected chi connectivity index (χ2v) is 5.64. The lowest BCUT2D eigenvalue weighted by atomic mass is 10.2. The van der Waals surface area contributed by atoms with Crippen LogP contribution >= 0.6 is 0 Å². The Balaban J connectivity index is 4.31. The Hall–Kier alpha value is -1.62. The standard InChI is InChI=1S/C15H25NO4/c1-5-6-7-8-9-10-15(19)20-13(11-14(17)18)12-16(2,3)4/h5-6,8-9,13H,7,10-12H2,1-4H3/b6-5+,9-8+. The van der Waals surface area contributed by atoms with Gasteiger partial charge in [-0.15, -0.1) is 0 Å². The largest absolute Gasteiger partial charge is 0.550 e. The SMILES string of the molecule is C/C=C/C/C=C/CC(=O)OC(CC(=O)[O-])C[N+](C)(C)C. The van der Waals surface area contributed by atoms with E-state index in [1.165, 1.54) is 0 Å². The maximum absolute atomic E-state index is 11.6. The minimum atomic E-state index is -1.21. The molecular weight excluding hydrogens is 258 g/mol. The van der Waals surface area contributed by atoms with E-state index >= 15 is 0 Å². The van der Waals surface area contributed by atoms with Crippen LogP contribution in [0.5, 0.6) is 0 Å². The maximum atomic E-state index is 11.6. The number of carboxylic acid groups (broad SMARTS) is 1. The molecule has 0 aliphatic rings. The van der Waals surface area contributed by atoms with Crippen LogP contribution in [0.3, 0.4) is 0 Å². The van der Waals surface area contributed by atoms with Crippen LogP contribution in [0.2, 0.25) is 0 Å². The summed E-state index contributed by atoms with van der Waals surface area (Å²) in [7, 11) is 5.73. The molecule has 0 heterocycles. The number of hydrogen-bond donors (Lipinski definition) is 0. The van der Waals surface area contributed by atoms with E-state index in [1.807, 2.05) is 46.3 Å². The lowest BCUT2D eigenvalue weighted by molar-refractivity contribution is -0.873. The van der Waals surface area contributed by atoms with Gasteiger partial charge in [-0.05, 0) is 13.3 Å². The molecule has 0 aliphatic heterocycles. The van der Waals surface area contributed by atoms with Crippen LogP contribution in [0.15, 0.2) is 24.3 Å². The fourth-order valence-corrected chi connectivity index (χ4v) is 1.66. The van der Waals surface area contributed by atoms with E-state index in [1.54, 1.807) is 6.08 Å². The predicted molar refractivity (Wildman–Crippen MR) is 75.6 cm³/mol. The van der Waals surface area contributed by atoms with Crippen LogP contribution in [0, 0.1) is 0 Å². The number of carboxylic acids is 1. The number of esters is 1. The average Bonchev–Trinajstić information content (AvgIpc) is 2.25. The summed E-state index contributed by atoms with van der Waals surface area (Å²) in [5.74, 6) is -1.62. The van der Waals surface area contributed by atoms with Crippen LogP contribution in [-0.2, 0) is 14.3 Å². The Morgan fingerprint density at radius 1 is 1.20 bits per heavy atom. The molecule has 1 unspecified atom stereocenters. The summed E-state index contributed by atoms with van der Waals surface area (Å²) in [5.41, 5.74) is 0. The number of carbonyl (C=O) groups excluding carboxylic acids is 2. The van der Waals surface area contributed by atoms with Crippen molar-refractivity contribution in [3.8, 4) is 0 Å². The highest BCUT2D eigenvalue weighted by Crippen LogP contribution is 2.06. The molecule has 0 aromatic carbocycles. The lowest BCUT2D eigenvalue weighted by Gasteiger charge is -2.29. The van der Waals surface area contributed by atoms with Crippen LogP contribution < -0.4 is 5.11 Å². The number of carbonyl (C=O) groups is 2. The lowest BCUT2D eigenvalue weighted by Crippen LogP contribution is -2.45. The normalized spacial score (nSPS) is 13.8. The molecular formula is C15H25NO4. The topological polar surface area (TPSA) is 66.4 Å². The molecule has 0 spiro atoms. The summed E-state index contributed by atoms with van der Waals surface area (Å²) in [6, 6.07) is 0. The van der Waals surface area contributed by atoms with Crippen molar-refractivity contribution in [2.45, 2.75) is 32.3 Å². The number of hydrogen-bond acceptors (Lipinski definition) is 4. The first-order valence-electron chi connectivity index (χ1n) is 6.70. The fourth-order valence-electron chi connectivity index (χ4n) is 1.66. The summed E-state index contributed by atoms with van der Waals surface area (Å²) in [5, 5.41) is 10.7. The first-order valence-corrected chi connectivity index (χ1v) is 6.70. The van der Waals surface area contributed by atoms with Crippen LogP contribution in [0.4, 0.5) is 0 Å². The molecule has 0 aliphatic carbocycles. The zero-order valence-electron chi connectivity index (χ0n) is 12.8. The summed E-state index contributed by atoms with van der Waals surface area (Å²) < 4.78 is 5.72. The van der Waals surface area contributed by atoms with E-state index in [0.717, 1.165) is 6.42 Å². The van der Waals surface area contributed by atoms with Gasteiger partial charge in [0.2, 0.25) is 0 Å². The summed E-state index contributed by atoms with van der Waals surface area (Å²) in [6.45, 7) is 2.36. The second kappa shape index (κ2) is 9.31. The third kappa shape index (κ3) is 11.5. The molecule has 20 heavy (non-hydrogen) atoms. The van der Waals surface area contributed by atoms with Crippen molar-refractivity contribution in [3.63, 3.8) is 0 Å². The highest BCUT2D eigenvalue weighted by molar-refractivity contribution is 5.72. The molecule has 1 atom stereocenters. The van der Waals surface area contributed by atoms with Gasteiger partial charge in [-0.2, -0.15) is 0 Å². The predicted octanol–water partition coefficient (Wildman–Crippen LogP) is 0.657. The van der Waals surface area contributed by atoms with Crippen molar-refractivity contribution < 1.29 is 23.9 Å².